The first-order valence-electron chi connectivity index (χ1n) is 5.90. The first-order chi connectivity index (χ1) is 8.83. The lowest BCUT2D eigenvalue weighted by Gasteiger charge is -2.06. The van der Waals surface area contributed by atoms with Crippen molar-refractivity contribution >= 4 is 11.8 Å². The summed E-state index contributed by atoms with van der Waals surface area (Å²) < 4.78 is 7.48. The topological polar surface area (TPSA) is 53.1 Å². The predicted molar refractivity (Wildman–Crippen MR) is 72.8 cm³/mol. The van der Waals surface area contributed by atoms with Gasteiger partial charge in [0.15, 0.2) is 5.16 Å². The van der Waals surface area contributed by atoms with E-state index in [2.05, 4.69) is 4.57 Å². The van der Waals surface area contributed by atoms with Gasteiger partial charge >= 0.3 is 0 Å². The summed E-state index contributed by atoms with van der Waals surface area (Å²) >= 11 is 1.79. The largest absolute Gasteiger partial charge is 0.497 e. The van der Waals surface area contributed by atoms with Gasteiger partial charge in [0.25, 0.3) is 0 Å². The molecule has 0 bridgehead atoms. The fourth-order valence-electron chi connectivity index (χ4n) is 2.24. The van der Waals surface area contributed by atoms with Crippen molar-refractivity contribution in [1.29, 1.82) is 0 Å². The van der Waals surface area contributed by atoms with Crippen LogP contribution in [-0.2, 0) is 13.1 Å². The normalized spacial score (nSPS) is 13.7. The molecular weight excluding hydrogens is 246 g/mol. The Morgan fingerprint density at radius 3 is 3.17 bits per heavy atom. The maximum atomic E-state index is 5.87. The van der Waals surface area contributed by atoms with Crippen molar-refractivity contribution < 1.29 is 4.74 Å². The second-order valence-corrected chi connectivity index (χ2v) is 5.19. The molecule has 0 aliphatic carbocycles. The van der Waals surface area contributed by atoms with Crippen molar-refractivity contribution in [3.8, 4) is 17.0 Å². The number of benzene rings is 1. The van der Waals surface area contributed by atoms with Crippen molar-refractivity contribution in [2.45, 2.75) is 18.2 Å². The van der Waals surface area contributed by atoms with Gasteiger partial charge in [-0.25, -0.2) is 4.98 Å². The van der Waals surface area contributed by atoms with Crippen LogP contribution in [0.4, 0.5) is 0 Å². The summed E-state index contributed by atoms with van der Waals surface area (Å²) in [5, 5.41) is 1.08. The molecule has 0 fully saturated rings. The Balaban J connectivity index is 2.11. The molecule has 1 aliphatic rings. The lowest BCUT2D eigenvalue weighted by atomic mass is 10.1. The van der Waals surface area contributed by atoms with Crippen LogP contribution in [0, 0.1) is 0 Å². The van der Waals surface area contributed by atoms with E-state index in [0.29, 0.717) is 6.54 Å². The van der Waals surface area contributed by atoms with Gasteiger partial charge < -0.3 is 15.0 Å². The Kier molecular flexibility index (Phi) is 3.01. The molecule has 0 spiro atoms. The molecule has 0 unspecified atom stereocenters. The van der Waals surface area contributed by atoms with E-state index in [-0.39, 0.29) is 0 Å². The number of aromatic nitrogens is 2. The van der Waals surface area contributed by atoms with Crippen molar-refractivity contribution in [2.24, 2.45) is 5.73 Å². The molecule has 1 aliphatic heterocycles. The van der Waals surface area contributed by atoms with Crippen LogP contribution in [0.25, 0.3) is 11.3 Å². The van der Waals surface area contributed by atoms with Crippen LogP contribution < -0.4 is 10.5 Å². The molecule has 2 heterocycles. The second-order valence-electron chi connectivity index (χ2n) is 4.13. The molecule has 0 radical (unpaired) electrons. The number of hydrogen-bond acceptors (Lipinski definition) is 4. The first kappa shape index (κ1) is 11.6. The number of ether oxygens (including phenoxy) is 1. The van der Waals surface area contributed by atoms with Crippen molar-refractivity contribution in [1.82, 2.24) is 9.55 Å². The third kappa shape index (κ3) is 1.79. The Bertz CT molecular complexity index is 580. The van der Waals surface area contributed by atoms with Crippen molar-refractivity contribution in [3.05, 3.63) is 30.0 Å². The van der Waals surface area contributed by atoms with Gasteiger partial charge in [-0.1, -0.05) is 23.9 Å². The van der Waals surface area contributed by atoms with Crippen LogP contribution in [0.3, 0.4) is 0 Å². The van der Waals surface area contributed by atoms with Gasteiger partial charge in [0, 0.05) is 24.4 Å². The standard InChI is InChI=1S/C13H15N3OS/c1-17-10-4-2-3-9(7-10)12-11(8-14)16-5-6-18-13(16)15-12/h2-4,7H,5-6,8,14H2,1H3. The molecule has 0 amide bonds. The van der Waals surface area contributed by atoms with E-state index in [1.54, 1.807) is 18.9 Å². The number of methoxy groups -OCH3 is 1. The zero-order valence-electron chi connectivity index (χ0n) is 10.2. The molecule has 0 saturated carbocycles. The highest BCUT2D eigenvalue weighted by Crippen LogP contribution is 2.33. The van der Waals surface area contributed by atoms with Gasteiger partial charge in [0.05, 0.1) is 18.5 Å². The number of imidazole rings is 1. The molecule has 3 rings (SSSR count). The minimum atomic E-state index is 0.514. The number of fused-ring (bicyclic) bond motifs is 1. The molecule has 0 atom stereocenters. The van der Waals surface area contributed by atoms with E-state index in [9.17, 15) is 0 Å². The van der Waals surface area contributed by atoms with Gasteiger partial charge in [-0.05, 0) is 12.1 Å². The number of hydrogen-bond donors (Lipinski definition) is 1. The second kappa shape index (κ2) is 4.66. The van der Waals surface area contributed by atoms with Gasteiger partial charge in [0.2, 0.25) is 0 Å². The summed E-state index contributed by atoms with van der Waals surface area (Å²) in [7, 11) is 1.67. The fraction of sp³-hybridized carbons (Fsp3) is 0.308. The molecule has 18 heavy (non-hydrogen) atoms. The molecule has 1 aromatic heterocycles. The molecular formula is C13H15N3OS. The number of nitrogens with two attached hydrogens (primary N) is 1. The zero-order chi connectivity index (χ0) is 12.5. The van der Waals surface area contributed by atoms with E-state index in [1.807, 2.05) is 24.3 Å². The van der Waals surface area contributed by atoms with E-state index >= 15 is 0 Å². The number of thioether (sulfide) groups is 1. The Morgan fingerprint density at radius 1 is 1.50 bits per heavy atom. The lowest BCUT2D eigenvalue weighted by Crippen LogP contribution is -2.07. The highest BCUT2D eigenvalue weighted by atomic mass is 32.2. The highest BCUT2D eigenvalue weighted by molar-refractivity contribution is 7.99. The summed E-state index contributed by atoms with van der Waals surface area (Å²) in [5.74, 6) is 1.93. The number of nitrogens with zero attached hydrogens (tertiary/aromatic N) is 2. The van der Waals surface area contributed by atoms with E-state index in [1.165, 1.54) is 0 Å². The van der Waals surface area contributed by atoms with Crippen LogP contribution in [0.2, 0.25) is 0 Å². The van der Waals surface area contributed by atoms with Gasteiger partial charge in [-0.15, -0.1) is 0 Å². The first-order valence-corrected chi connectivity index (χ1v) is 6.88. The van der Waals surface area contributed by atoms with Crippen LogP contribution >= 0.6 is 11.8 Å². The fourth-order valence-corrected chi connectivity index (χ4v) is 3.21. The lowest BCUT2D eigenvalue weighted by molar-refractivity contribution is 0.415. The zero-order valence-corrected chi connectivity index (χ0v) is 11.0. The molecule has 0 saturated heterocycles. The smallest absolute Gasteiger partial charge is 0.168 e. The Morgan fingerprint density at radius 2 is 2.39 bits per heavy atom. The summed E-state index contributed by atoms with van der Waals surface area (Å²) in [6.07, 6.45) is 0. The van der Waals surface area contributed by atoms with Crippen LogP contribution in [0.1, 0.15) is 5.69 Å². The molecule has 5 heteroatoms. The Hall–Kier alpha value is -1.46. The SMILES string of the molecule is COc1cccc(-c2nc3n(c2CN)CCS3)c1. The summed E-state index contributed by atoms with van der Waals surface area (Å²) in [6.45, 7) is 1.52. The molecule has 4 nitrogen and oxygen atoms in total. The average molecular weight is 261 g/mol. The van der Waals surface area contributed by atoms with Crippen LogP contribution in [0.15, 0.2) is 29.4 Å². The summed E-state index contributed by atoms with van der Waals surface area (Å²) in [6, 6.07) is 7.96. The maximum absolute atomic E-state index is 5.87. The van der Waals surface area contributed by atoms with Crippen molar-refractivity contribution in [2.75, 3.05) is 12.9 Å². The van der Waals surface area contributed by atoms with Crippen molar-refractivity contribution in [3.63, 3.8) is 0 Å². The van der Waals surface area contributed by atoms with Gasteiger partial charge in [-0.3, -0.25) is 0 Å². The third-order valence-electron chi connectivity index (χ3n) is 3.12. The predicted octanol–water partition coefficient (Wildman–Crippen LogP) is 2.12. The maximum Gasteiger partial charge on any atom is 0.168 e. The monoisotopic (exact) mass is 261 g/mol. The molecule has 1 aromatic carbocycles. The van der Waals surface area contributed by atoms with Crippen LogP contribution in [-0.4, -0.2) is 22.4 Å². The minimum Gasteiger partial charge on any atom is -0.497 e. The minimum absolute atomic E-state index is 0.514. The summed E-state index contributed by atoms with van der Waals surface area (Å²) in [5.41, 5.74) is 9.04. The van der Waals surface area contributed by atoms with E-state index in [4.69, 9.17) is 15.5 Å². The average Bonchev–Trinajstić information content (AvgIpc) is 2.98. The molecule has 2 aromatic rings. The highest BCUT2D eigenvalue weighted by Gasteiger charge is 2.21. The number of rotatable bonds is 3. The van der Waals surface area contributed by atoms with Crippen LogP contribution in [0.5, 0.6) is 5.75 Å². The van der Waals surface area contributed by atoms with Gasteiger partial charge in [0.1, 0.15) is 5.75 Å². The quantitative estimate of drug-likeness (QED) is 0.919. The van der Waals surface area contributed by atoms with E-state index < -0.39 is 0 Å². The van der Waals surface area contributed by atoms with Gasteiger partial charge in [-0.2, -0.15) is 0 Å². The molecule has 94 valence electrons. The Labute approximate surface area is 110 Å². The third-order valence-corrected chi connectivity index (χ3v) is 4.08. The molecule has 2 N–H and O–H groups in total. The van der Waals surface area contributed by atoms with E-state index in [0.717, 1.165) is 40.2 Å². The summed E-state index contributed by atoms with van der Waals surface area (Å²) in [4.78, 5) is 4.70.